The number of Topliss-reactive ketones (excluding diaryl/α,β-unsaturated/α-hetero) is 3. The second kappa shape index (κ2) is 17.8. The van der Waals surface area contributed by atoms with Crippen molar-refractivity contribution in [1.82, 2.24) is 0 Å². The van der Waals surface area contributed by atoms with Crippen LogP contribution in [0, 0.1) is 32.5 Å². The van der Waals surface area contributed by atoms with Gasteiger partial charge in [-0.2, -0.15) is 0 Å². The molecule has 0 aliphatic rings. The third-order valence-electron chi connectivity index (χ3n) is 4.99. The van der Waals surface area contributed by atoms with Crippen LogP contribution in [0.2, 0.25) is 0 Å². The van der Waals surface area contributed by atoms with E-state index in [4.69, 9.17) is 0 Å². The molecule has 261 valence electrons. The Morgan fingerprint density at radius 3 is 0.500 bits per heavy atom. The number of ether oxygens (including phenoxy) is 3. The predicted octanol–water partition coefficient (Wildman–Crippen LogP) is 4.77. The van der Waals surface area contributed by atoms with Crippen LogP contribution < -0.4 is 0 Å². The van der Waals surface area contributed by atoms with Gasteiger partial charge in [-0.25, -0.2) is 14.4 Å². The molecule has 0 saturated carbocycles. The van der Waals surface area contributed by atoms with Gasteiger partial charge in [-0.3, -0.25) is 28.8 Å². The lowest BCUT2D eigenvalue weighted by molar-refractivity contribution is -0.171. The lowest BCUT2D eigenvalue weighted by Crippen LogP contribution is -2.35. The van der Waals surface area contributed by atoms with Crippen LogP contribution >= 0.6 is 0 Å². The number of carbonyl (C=O) groups excluding carboxylic acids is 9. The van der Waals surface area contributed by atoms with Crippen molar-refractivity contribution in [3.05, 3.63) is 0 Å². The molecule has 12 nitrogen and oxygen atoms in total. The van der Waals surface area contributed by atoms with Crippen LogP contribution in [0.5, 0.6) is 0 Å². The molecular weight excluding hydrogens is 615 g/mol. The summed E-state index contributed by atoms with van der Waals surface area (Å²) in [5.74, 6) is -7.40. The maximum atomic E-state index is 11.4. The molecule has 0 bridgehead atoms. The van der Waals surface area contributed by atoms with E-state index in [-0.39, 0.29) is 17.4 Å². The van der Waals surface area contributed by atoms with Gasteiger partial charge in [-0.15, -0.1) is 0 Å². The lowest BCUT2D eigenvalue weighted by atomic mass is 9.91. The van der Waals surface area contributed by atoms with Crippen LogP contribution in [0.3, 0.4) is 0 Å². The van der Waals surface area contributed by atoms with Crippen molar-refractivity contribution in [1.29, 1.82) is 0 Å². The van der Waals surface area contributed by atoms with E-state index in [0.29, 0.717) is 0 Å². The normalized spacial score (nSPS) is 11.9. The molecule has 13 heteroatoms. The Balaban J connectivity index is -0.000000285. The zero-order valence-corrected chi connectivity index (χ0v) is 32.1. The van der Waals surface area contributed by atoms with Crippen LogP contribution in [0.1, 0.15) is 125 Å². The van der Waals surface area contributed by atoms with E-state index in [9.17, 15) is 43.2 Å². The monoisotopic (exact) mass is 669 g/mol. The van der Waals surface area contributed by atoms with Gasteiger partial charge in [0.1, 0.15) is 0 Å². The third-order valence-corrected chi connectivity index (χ3v) is 4.99. The Morgan fingerprint density at radius 1 is 0.283 bits per heavy atom. The molecule has 0 aromatic rings. The predicted molar refractivity (Wildman–Crippen MR) is 171 cm³/mol. The van der Waals surface area contributed by atoms with Crippen molar-refractivity contribution in [3.63, 3.8) is 0 Å². The van der Waals surface area contributed by atoms with Crippen LogP contribution in [0.15, 0.2) is 0 Å². The van der Waals surface area contributed by atoms with Crippen molar-refractivity contribution >= 4 is 70.5 Å². The molecule has 0 fully saturated rings. The van der Waals surface area contributed by atoms with Crippen LogP contribution in [0.25, 0.3) is 0 Å². The fraction of sp³-hybridized carbons (Fsp3) is 0.727. The molecule has 0 N–H and O–H groups in total. The first-order valence-corrected chi connectivity index (χ1v) is 14.3. The topological polar surface area (TPSA) is 181 Å². The first kappa shape index (κ1) is 49.8. The summed E-state index contributed by atoms with van der Waals surface area (Å²) in [5.41, 5.74) is -4.82. The van der Waals surface area contributed by atoms with E-state index in [1.165, 1.54) is 0 Å². The first-order valence-electron chi connectivity index (χ1n) is 14.3. The maximum absolute atomic E-state index is 11.4. The minimum atomic E-state index is -1.08. The summed E-state index contributed by atoms with van der Waals surface area (Å²) >= 11 is 0. The number of carbonyl (C=O) groups is 9. The highest BCUT2D eigenvalue weighted by atomic mass is 27.0. The second-order valence-corrected chi connectivity index (χ2v) is 16.5. The number of ketones is 3. The molecule has 3 radical (unpaired) electrons. The minimum absolute atomic E-state index is 0. The van der Waals surface area contributed by atoms with Crippen LogP contribution in [-0.4, -0.2) is 70.5 Å². The van der Waals surface area contributed by atoms with E-state index < -0.39 is 85.7 Å². The second-order valence-electron chi connectivity index (χ2n) is 16.5. The molecule has 0 aromatic carbocycles. The molecule has 0 saturated heterocycles. The van der Waals surface area contributed by atoms with Crippen LogP contribution in [0.4, 0.5) is 0 Å². The van der Waals surface area contributed by atoms with Gasteiger partial charge in [0.25, 0.3) is 0 Å². The van der Waals surface area contributed by atoms with E-state index in [2.05, 4.69) is 14.2 Å². The Bertz CT molecular complexity index is 1020. The van der Waals surface area contributed by atoms with E-state index >= 15 is 0 Å². The molecule has 0 aromatic heterocycles. The average molecular weight is 670 g/mol. The summed E-state index contributed by atoms with van der Waals surface area (Å²) in [5, 5.41) is 0. The summed E-state index contributed by atoms with van der Waals surface area (Å²) in [6.45, 7) is 28.9. The molecule has 0 aliphatic heterocycles. The summed E-state index contributed by atoms with van der Waals surface area (Å²) in [6, 6.07) is 0. The van der Waals surface area contributed by atoms with Gasteiger partial charge in [-0.1, -0.05) is 62.3 Å². The SMILES string of the molecule is CC(C)(C)C(=O)OC(=O)C(=O)C(C)(C)C.CC(C)(C)C(=O)OC(=O)C(=O)C(C)(C)C.CC(C)(C)C(=O)OC(=O)C(=O)C(C)(C)C.[Al]. The van der Waals surface area contributed by atoms with Gasteiger partial charge in [0.2, 0.25) is 17.3 Å². The Hall–Kier alpha value is -3.04. The largest absolute Gasteiger partial charge is 0.387 e. The standard InChI is InChI=1S/3C11H18O4.Al/c3*1-10(2,3)7(12)8(13)15-9(14)11(4,5)6;/h3*1-6H3;. The maximum Gasteiger partial charge on any atom is 0.382 e. The molecule has 0 unspecified atom stereocenters. The quantitative estimate of drug-likeness (QED) is 0.132. The smallest absolute Gasteiger partial charge is 0.382 e. The Kier molecular flexibility index (Phi) is 19.2. The average Bonchev–Trinajstić information content (AvgIpc) is 2.79. The zero-order chi connectivity index (χ0) is 37.3. The van der Waals surface area contributed by atoms with Gasteiger partial charge >= 0.3 is 35.8 Å². The molecule has 0 atom stereocenters. The fourth-order valence-electron chi connectivity index (χ4n) is 1.77. The van der Waals surface area contributed by atoms with E-state index in [1.54, 1.807) is 125 Å². The molecule has 0 heterocycles. The summed E-state index contributed by atoms with van der Waals surface area (Å²) in [4.78, 5) is 102. The molecule has 0 aliphatic carbocycles. The summed E-state index contributed by atoms with van der Waals surface area (Å²) in [7, 11) is 0. The Labute approximate surface area is 284 Å². The van der Waals surface area contributed by atoms with Gasteiger partial charge in [0.15, 0.2) is 0 Å². The number of rotatable bonds is 3. The number of hydrogen-bond donors (Lipinski definition) is 0. The van der Waals surface area contributed by atoms with Gasteiger partial charge in [-0.05, 0) is 62.3 Å². The van der Waals surface area contributed by atoms with Gasteiger partial charge < -0.3 is 14.2 Å². The number of esters is 6. The summed E-state index contributed by atoms with van der Waals surface area (Å²) in [6.07, 6.45) is 0. The highest BCUT2D eigenvalue weighted by molar-refractivity contribution is 6.38. The number of hydrogen-bond acceptors (Lipinski definition) is 12. The molecule has 0 amide bonds. The van der Waals surface area contributed by atoms with E-state index in [0.717, 1.165) is 0 Å². The van der Waals surface area contributed by atoms with Crippen LogP contribution in [-0.2, 0) is 57.4 Å². The highest BCUT2D eigenvalue weighted by Gasteiger charge is 2.36. The van der Waals surface area contributed by atoms with Crippen molar-refractivity contribution in [3.8, 4) is 0 Å². The molecule has 0 rings (SSSR count). The van der Waals surface area contributed by atoms with E-state index in [1.807, 2.05) is 0 Å². The summed E-state index contributed by atoms with van der Waals surface area (Å²) < 4.78 is 13.4. The molecular formula is C33H54AlO12. The van der Waals surface area contributed by atoms with Crippen molar-refractivity contribution in [2.45, 2.75) is 125 Å². The fourth-order valence-corrected chi connectivity index (χ4v) is 1.77. The Morgan fingerprint density at radius 2 is 0.413 bits per heavy atom. The highest BCUT2D eigenvalue weighted by Crippen LogP contribution is 2.21. The van der Waals surface area contributed by atoms with Crippen molar-refractivity contribution in [2.24, 2.45) is 32.5 Å². The minimum Gasteiger partial charge on any atom is -0.387 e. The van der Waals surface area contributed by atoms with Crippen molar-refractivity contribution < 1.29 is 57.4 Å². The third kappa shape index (κ3) is 20.2. The first-order chi connectivity index (χ1) is 19.4. The lowest BCUT2D eigenvalue weighted by Gasteiger charge is -2.18. The van der Waals surface area contributed by atoms with Gasteiger partial charge in [0.05, 0.1) is 16.2 Å². The molecule has 0 spiro atoms. The van der Waals surface area contributed by atoms with Gasteiger partial charge in [0, 0.05) is 33.6 Å². The zero-order valence-electron chi connectivity index (χ0n) is 31.0. The molecule has 46 heavy (non-hydrogen) atoms. The van der Waals surface area contributed by atoms with Crippen molar-refractivity contribution in [2.75, 3.05) is 0 Å².